The summed E-state index contributed by atoms with van der Waals surface area (Å²) < 4.78 is 5.13. The van der Waals surface area contributed by atoms with Crippen molar-refractivity contribution in [3.8, 4) is 0 Å². The Balaban J connectivity index is 1.80. The summed E-state index contributed by atoms with van der Waals surface area (Å²) in [6.45, 7) is 3.60. The van der Waals surface area contributed by atoms with Crippen LogP contribution >= 0.6 is 12.2 Å². The maximum absolute atomic E-state index is 12.0. The lowest BCUT2D eigenvalue weighted by molar-refractivity contribution is -0.119. The van der Waals surface area contributed by atoms with Crippen molar-refractivity contribution < 1.29 is 14.3 Å². The van der Waals surface area contributed by atoms with E-state index in [9.17, 15) is 9.59 Å². The molecular weight excluding hydrogens is 348 g/mol. The molecule has 0 bridgehead atoms. The molecule has 2 rings (SSSR count). The van der Waals surface area contributed by atoms with Crippen molar-refractivity contribution in [2.24, 2.45) is 0 Å². The summed E-state index contributed by atoms with van der Waals surface area (Å²) in [4.78, 5) is 23.8. The third kappa shape index (κ3) is 6.64. The molecule has 0 unspecified atom stereocenters. The average Bonchev–Trinajstić information content (AvgIpc) is 2.61. The van der Waals surface area contributed by atoms with Gasteiger partial charge in [-0.05, 0) is 62.3 Å². The Labute approximate surface area is 158 Å². The quantitative estimate of drug-likeness (QED) is 0.599. The fourth-order valence-corrected chi connectivity index (χ4v) is 2.46. The van der Waals surface area contributed by atoms with Crippen LogP contribution in [0.1, 0.15) is 36.2 Å². The second kappa shape index (κ2) is 9.68. The third-order valence-electron chi connectivity index (χ3n) is 3.46. The molecule has 0 spiro atoms. The van der Waals surface area contributed by atoms with Crippen LogP contribution in [0.5, 0.6) is 0 Å². The van der Waals surface area contributed by atoms with E-state index >= 15 is 0 Å². The van der Waals surface area contributed by atoms with E-state index in [1.807, 2.05) is 30.3 Å². The molecule has 6 heteroatoms. The molecule has 26 heavy (non-hydrogen) atoms. The largest absolute Gasteiger partial charge is 0.459 e. The first-order valence-electron chi connectivity index (χ1n) is 8.40. The van der Waals surface area contributed by atoms with Crippen molar-refractivity contribution in [1.82, 2.24) is 5.32 Å². The van der Waals surface area contributed by atoms with Crippen LogP contribution in [0.15, 0.2) is 54.6 Å². The molecule has 136 valence electrons. The van der Waals surface area contributed by atoms with Gasteiger partial charge in [0.05, 0.1) is 11.7 Å². The smallest absolute Gasteiger partial charge is 0.338 e. The van der Waals surface area contributed by atoms with E-state index < -0.39 is 0 Å². The maximum Gasteiger partial charge on any atom is 0.338 e. The van der Waals surface area contributed by atoms with Gasteiger partial charge in [-0.15, -0.1) is 0 Å². The minimum Gasteiger partial charge on any atom is -0.459 e. The van der Waals surface area contributed by atoms with Gasteiger partial charge in [0, 0.05) is 12.1 Å². The number of amides is 1. The number of esters is 1. The fraction of sp³-hybridized carbons (Fsp3) is 0.250. The van der Waals surface area contributed by atoms with Crippen LogP contribution in [0.2, 0.25) is 0 Å². The number of anilines is 1. The lowest BCUT2D eigenvalue weighted by atomic mass is 10.1. The number of rotatable bonds is 6. The SMILES string of the molecule is CC(C)OC(=O)c1ccc(NC(=S)NC(=O)CCc2ccccc2)cc1. The average molecular weight is 370 g/mol. The number of aryl methyl sites for hydroxylation is 1. The molecule has 2 aromatic carbocycles. The van der Waals surface area contributed by atoms with E-state index in [4.69, 9.17) is 17.0 Å². The Morgan fingerprint density at radius 3 is 2.31 bits per heavy atom. The zero-order valence-electron chi connectivity index (χ0n) is 14.8. The Kier molecular flexibility index (Phi) is 7.29. The van der Waals surface area contributed by atoms with E-state index in [-0.39, 0.29) is 23.1 Å². The molecule has 2 aromatic rings. The first-order valence-corrected chi connectivity index (χ1v) is 8.80. The van der Waals surface area contributed by atoms with Gasteiger partial charge in [0.25, 0.3) is 0 Å². The van der Waals surface area contributed by atoms with Gasteiger partial charge in [0.2, 0.25) is 5.91 Å². The fourth-order valence-electron chi connectivity index (χ4n) is 2.23. The van der Waals surface area contributed by atoms with Gasteiger partial charge in [-0.3, -0.25) is 4.79 Å². The molecule has 0 saturated heterocycles. The normalized spacial score (nSPS) is 10.3. The van der Waals surface area contributed by atoms with Crippen LogP contribution in [0.25, 0.3) is 0 Å². The molecule has 0 aliphatic rings. The molecule has 0 heterocycles. The van der Waals surface area contributed by atoms with Gasteiger partial charge in [-0.25, -0.2) is 4.79 Å². The summed E-state index contributed by atoms with van der Waals surface area (Å²) in [6, 6.07) is 16.5. The predicted octanol–water partition coefficient (Wildman–Crippen LogP) is 3.70. The second-order valence-corrected chi connectivity index (χ2v) is 6.43. The van der Waals surface area contributed by atoms with E-state index in [1.54, 1.807) is 38.1 Å². The molecule has 0 fully saturated rings. The lowest BCUT2D eigenvalue weighted by Crippen LogP contribution is -2.34. The summed E-state index contributed by atoms with van der Waals surface area (Å²) in [7, 11) is 0. The number of thiocarbonyl (C=S) groups is 1. The van der Waals surface area contributed by atoms with Crippen molar-refractivity contribution in [2.45, 2.75) is 32.8 Å². The molecular formula is C20H22N2O3S. The Hall–Kier alpha value is -2.73. The van der Waals surface area contributed by atoms with E-state index in [1.165, 1.54) is 0 Å². The number of carbonyl (C=O) groups is 2. The number of hydrogen-bond donors (Lipinski definition) is 2. The molecule has 0 aliphatic carbocycles. The molecule has 0 saturated carbocycles. The van der Waals surface area contributed by atoms with Crippen molar-refractivity contribution in [3.63, 3.8) is 0 Å². The first kappa shape index (κ1) is 19.6. The Bertz CT molecular complexity index is 758. The lowest BCUT2D eigenvalue weighted by Gasteiger charge is -2.11. The van der Waals surface area contributed by atoms with Crippen molar-refractivity contribution >= 4 is 34.9 Å². The standard InChI is InChI=1S/C20H22N2O3S/c1-14(2)25-19(24)16-9-11-17(12-10-16)21-20(26)22-18(23)13-8-15-6-4-3-5-7-15/h3-7,9-12,14H,8,13H2,1-2H3,(H2,21,22,23,26). The minimum atomic E-state index is -0.372. The zero-order valence-corrected chi connectivity index (χ0v) is 15.6. The molecule has 5 nitrogen and oxygen atoms in total. The number of ether oxygens (including phenoxy) is 1. The molecule has 0 atom stereocenters. The second-order valence-electron chi connectivity index (χ2n) is 6.02. The molecule has 0 radical (unpaired) electrons. The highest BCUT2D eigenvalue weighted by atomic mass is 32.1. The van der Waals surface area contributed by atoms with Crippen molar-refractivity contribution in [1.29, 1.82) is 0 Å². The van der Waals surface area contributed by atoms with E-state index in [0.717, 1.165) is 5.56 Å². The van der Waals surface area contributed by atoms with Crippen LogP contribution in [-0.4, -0.2) is 23.1 Å². The van der Waals surface area contributed by atoms with Crippen molar-refractivity contribution in [2.75, 3.05) is 5.32 Å². The van der Waals surface area contributed by atoms with Crippen LogP contribution in [0.4, 0.5) is 5.69 Å². The van der Waals surface area contributed by atoms with E-state index in [0.29, 0.717) is 24.1 Å². The first-order chi connectivity index (χ1) is 12.4. The Morgan fingerprint density at radius 1 is 1.04 bits per heavy atom. The number of nitrogens with one attached hydrogen (secondary N) is 2. The number of carbonyl (C=O) groups excluding carboxylic acids is 2. The summed E-state index contributed by atoms with van der Waals surface area (Å²) in [5.74, 6) is -0.521. The highest BCUT2D eigenvalue weighted by Gasteiger charge is 2.10. The zero-order chi connectivity index (χ0) is 18.9. The molecule has 0 aliphatic heterocycles. The molecule has 1 amide bonds. The topological polar surface area (TPSA) is 67.4 Å². The van der Waals surface area contributed by atoms with Gasteiger partial charge in [0.1, 0.15) is 0 Å². The Morgan fingerprint density at radius 2 is 1.69 bits per heavy atom. The van der Waals surface area contributed by atoms with Crippen LogP contribution in [-0.2, 0) is 16.0 Å². The van der Waals surface area contributed by atoms with Gasteiger partial charge in [0.15, 0.2) is 5.11 Å². The van der Waals surface area contributed by atoms with Crippen LogP contribution < -0.4 is 10.6 Å². The molecule has 0 aromatic heterocycles. The van der Waals surface area contributed by atoms with Gasteiger partial charge in [-0.2, -0.15) is 0 Å². The van der Waals surface area contributed by atoms with Crippen LogP contribution in [0.3, 0.4) is 0 Å². The highest BCUT2D eigenvalue weighted by molar-refractivity contribution is 7.80. The minimum absolute atomic E-state index is 0.150. The van der Waals surface area contributed by atoms with Crippen molar-refractivity contribution in [3.05, 3.63) is 65.7 Å². The summed E-state index contributed by atoms with van der Waals surface area (Å²) in [5.41, 5.74) is 2.24. The molecule has 2 N–H and O–H groups in total. The summed E-state index contributed by atoms with van der Waals surface area (Å²) >= 11 is 5.15. The summed E-state index contributed by atoms with van der Waals surface area (Å²) in [6.07, 6.45) is 0.840. The van der Waals surface area contributed by atoms with Gasteiger partial charge in [-0.1, -0.05) is 30.3 Å². The summed E-state index contributed by atoms with van der Waals surface area (Å²) in [5, 5.41) is 5.80. The number of benzene rings is 2. The van der Waals surface area contributed by atoms with Gasteiger partial charge >= 0.3 is 5.97 Å². The van der Waals surface area contributed by atoms with Crippen LogP contribution in [0, 0.1) is 0 Å². The third-order valence-corrected chi connectivity index (χ3v) is 3.66. The van der Waals surface area contributed by atoms with E-state index in [2.05, 4.69) is 10.6 Å². The maximum atomic E-state index is 12.0. The highest BCUT2D eigenvalue weighted by Crippen LogP contribution is 2.11. The number of hydrogen-bond acceptors (Lipinski definition) is 4. The monoisotopic (exact) mass is 370 g/mol. The van der Waals surface area contributed by atoms with Gasteiger partial charge < -0.3 is 15.4 Å². The predicted molar refractivity (Wildman–Crippen MR) is 106 cm³/mol.